The van der Waals surface area contributed by atoms with Gasteiger partial charge in [0.25, 0.3) is 0 Å². The van der Waals surface area contributed by atoms with Crippen LogP contribution >= 0.6 is 0 Å². The van der Waals surface area contributed by atoms with Gasteiger partial charge in [0, 0.05) is 18.6 Å². The third kappa shape index (κ3) is 7.19. The maximum atomic E-state index is 11.7. The second-order valence-corrected chi connectivity index (χ2v) is 7.51. The van der Waals surface area contributed by atoms with E-state index in [-0.39, 0.29) is 17.2 Å². The van der Waals surface area contributed by atoms with Crippen LogP contribution in [-0.4, -0.2) is 32.8 Å². The molecule has 1 atom stereocenters. The van der Waals surface area contributed by atoms with E-state index >= 15 is 0 Å². The van der Waals surface area contributed by atoms with Crippen LogP contribution in [0.3, 0.4) is 0 Å². The Morgan fingerprint density at radius 2 is 1.62 bits per heavy atom. The molecule has 5 heteroatoms. The lowest BCUT2D eigenvalue weighted by Gasteiger charge is -2.27. The molecule has 0 heterocycles. The monoisotopic (exact) mass is 250 g/mol. The standard InChI is InChI=1S/C11H26N2O2S/c1-9(2)12-7-8-16(14,15)13-10(3)11(4,5)6/h9-10,12-13H,7-8H2,1-6H3. The van der Waals surface area contributed by atoms with Crippen LogP contribution in [0.4, 0.5) is 0 Å². The van der Waals surface area contributed by atoms with Crippen LogP contribution in [0.15, 0.2) is 0 Å². The Morgan fingerprint density at radius 3 is 2.00 bits per heavy atom. The van der Waals surface area contributed by atoms with Crippen LogP contribution in [0.1, 0.15) is 41.5 Å². The average molecular weight is 250 g/mol. The number of nitrogens with one attached hydrogen (secondary N) is 2. The van der Waals surface area contributed by atoms with Gasteiger partial charge >= 0.3 is 0 Å². The molecule has 0 saturated heterocycles. The van der Waals surface area contributed by atoms with E-state index < -0.39 is 10.0 Å². The maximum Gasteiger partial charge on any atom is 0.213 e. The highest BCUT2D eigenvalue weighted by atomic mass is 32.2. The highest BCUT2D eigenvalue weighted by Crippen LogP contribution is 2.19. The number of rotatable bonds is 6. The highest BCUT2D eigenvalue weighted by Gasteiger charge is 2.24. The number of sulfonamides is 1. The zero-order valence-electron chi connectivity index (χ0n) is 11.3. The van der Waals surface area contributed by atoms with Gasteiger partial charge in [-0.05, 0) is 12.3 Å². The van der Waals surface area contributed by atoms with E-state index in [1.54, 1.807) is 0 Å². The van der Waals surface area contributed by atoms with Gasteiger partial charge in [-0.1, -0.05) is 34.6 Å². The predicted octanol–water partition coefficient (Wildman–Crippen LogP) is 1.34. The predicted molar refractivity (Wildman–Crippen MR) is 69.0 cm³/mol. The molecule has 0 aromatic heterocycles. The van der Waals surface area contributed by atoms with Crippen molar-refractivity contribution < 1.29 is 8.42 Å². The van der Waals surface area contributed by atoms with Gasteiger partial charge in [0.1, 0.15) is 0 Å². The summed E-state index contributed by atoms with van der Waals surface area (Å²) < 4.78 is 26.1. The first-order chi connectivity index (χ1) is 7.04. The van der Waals surface area contributed by atoms with E-state index in [0.717, 1.165) is 0 Å². The fourth-order valence-corrected chi connectivity index (χ4v) is 2.38. The zero-order valence-corrected chi connectivity index (χ0v) is 12.1. The second kappa shape index (κ2) is 5.98. The van der Waals surface area contributed by atoms with Gasteiger partial charge in [0.05, 0.1) is 5.75 Å². The summed E-state index contributed by atoms with van der Waals surface area (Å²) in [7, 11) is -3.17. The Hall–Kier alpha value is -0.130. The molecule has 0 aromatic rings. The molecule has 16 heavy (non-hydrogen) atoms. The summed E-state index contributed by atoms with van der Waals surface area (Å²) in [4.78, 5) is 0. The van der Waals surface area contributed by atoms with Gasteiger partial charge in [-0.2, -0.15) is 0 Å². The molecule has 0 saturated carbocycles. The van der Waals surface area contributed by atoms with Crippen molar-refractivity contribution in [3.05, 3.63) is 0 Å². The maximum absolute atomic E-state index is 11.7. The molecule has 1 unspecified atom stereocenters. The van der Waals surface area contributed by atoms with Crippen molar-refractivity contribution in [2.75, 3.05) is 12.3 Å². The molecule has 4 nitrogen and oxygen atoms in total. The summed E-state index contributed by atoms with van der Waals surface area (Å²) in [5, 5.41) is 3.09. The SMILES string of the molecule is CC(C)NCCS(=O)(=O)NC(C)C(C)(C)C. The topological polar surface area (TPSA) is 58.2 Å². The summed E-state index contributed by atoms with van der Waals surface area (Å²) in [5.41, 5.74) is -0.0570. The Bertz CT molecular complexity index is 292. The Kier molecular flexibility index (Phi) is 5.93. The van der Waals surface area contributed by atoms with Gasteiger partial charge in [0.2, 0.25) is 10.0 Å². The van der Waals surface area contributed by atoms with Crippen molar-refractivity contribution in [1.82, 2.24) is 10.0 Å². The van der Waals surface area contributed by atoms with Crippen LogP contribution in [0.25, 0.3) is 0 Å². The summed E-state index contributed by atoms with van der Waals surface area (Å²) in [6.07, 6.45) is 0. The van der Waals surface area contributed by atoms with E-state index in [4.69, 9.17) is 0 Å². The Morgan fingerprint density at radius 1 is 1.12 bits per heavy atom. The van der Waals surface area contributed by atoms with Crippen LogP contribution in [-0.2, 0) is 10.0 Å². The molecule has 0 spiro atoms. The van der Waals surface area contributed by atoms with Crippen molar-refractivity contribution in [1.29, 1.82) is 0 Å². The summed E-state index contributed by atoms with van der Waals surface area (Å²) in [5.74, 6) is 0.131. The molecule has 0 amide bonds. The minimum absolute atomic E-state index is 0.0570. The summed E-state index contributed by atoms with van der Waals surface area (Å²) >= 11 is 0. The van der Waals surface area contributed by atoms with Crippen molar-refractivity contribution in [2.24, 2.45) is 5.41 Å². The van der Waals surface area contributed by atoms with E-state index in [1.165, 1.54) is 0 Å². The van der Waals surface area contributed by atoms with Gasteiger partial charge < -0.3 is 5.32 Å². The molecule has 0 bridgehead atoms. The minimum atomic E-state index is -3.17. The van der Waals surface area contributed by atoms with E-state index in [9.17, 15) is 8.42 Å². The smallest absolute Gasteiger partial charge is 0.213 e. The van der Waals surface area contributed by atoms with Crippen molar-refractivity contribution in [3.8, 4) is 0 Å². The molecule has 0 rings (SSSR count). The van der Waals surface area contributed by atoms with Crippen molar-refractivity contribution >= 4 is 10.0 Å². The van der Waals surface area contributed by atoms with Crippen LogP contribution in [0.5, 0.6) is 0 Å². The molecular formula is C11H26N2O2S. The lowest BCUT2D eigenvalue weighted by molar-refractivity contribution is 0.317. The second-order valence-electron chi connectivity index (χ2n) is 5.63. The minimum Gasteiger partial charge on any atom is -0.313 e. The molecule has 0 radical (unpaired) electrons. The Balaban J connectivity index is 4.16. The van der Waals surface area contributed by atoms with Gasteiger partial charge in [0.15, 0.2) is 0 Å². The third-order valence-corrected chi connectivity index (χ3v) is 4.03. The third-order valence-electron chi connectivity index (χ3n) is 2.58. The fraction of sp³-hybridized carbons (Fsp3) is 1.00. The molecule has 0 fully saturated rings. The summed E-state index contributed by atoms with van der Waals surface area (Å²) in [6, 6.07) is 0.256. The first-order valence-electron chi connectivity index (χ1n) is 5.78. The fourth-order valence-electron chi connectivity index (χ4n) is 0.987. The lowest BCUT2D eigenvalue weighted by Crippen LogP contribution is -2.44. The average Bonchev–Trinajstić information content (AvgIpc) is 1.99. The van der Waals surface area contributed by atoms with Crippen LogP contribution in [0, 0.1) is 5.41 Å². The molecule has 0 aliphatic heterocycles. The molecule has 2 N–H and O–H groups in total. The number of hydrogen-bond donors (Lipinski definition) is 2. The summed E-state index contributed by atoms with van der Waals surface area (Å²) in [6.45, 7) is 12.4. The van der Waals surface area contributed by atoms with Crippen LogP contribution in [0.2, 0.25) is 0 Å². The van der Waals surface area contributed by atoms with Gasteiger partial charge in [-0.3, -0.25) is 0 Å². The van der Waals surface area contributed by atoms with Crippen molar-refractivity contribution in [2.45, 2.75) is 53.6 Å². The van der Waals surface area contributed by atoms with Gasteiger partial charge in [-0.15, -0.1) is 0 Å². The van der Waals surface area contributed by atoms with Crippen LogP contribution < -0.4 is 10.0 Å². The molecular weight excluding hydrogens is 224 g/mol. The normalized spacial score (nSPS) is 15.4. The molecule has 0 aromatic carbocycles. The number of hydrogen-bond acceptors (Lipinski definition) is 3. The molecule has 0 aliphatic rings. The highest BCUT2D eigenvalue weighted by molar-refractivity contribution is 7.89. The molecule has 0 aliphatic carbocycles. The Labute approximate surface area is 100 Å². The van der Waals surface area contributed by atoms with E-state index in [1.807, 2.05) is 41.5 Å². The first kappa shape index (κ1) is 15.9. The lowest BCUT2D eigenvalue weighted by atomic mass is 9.89. The first-order valence-corrected chi connectivity index (χ1v) is 7.43. The largest absolute Gasteiger partial charge is 0.313 e. The van der Waals surface area contributed by atoms with Crippen molar-refractivity contribution in [3.63, 3.8) is 0 Å². The van der Waals surface area contributed by atoms with E-state index in [2.05, 4.69) is 10.0 Å². The zero-order chi connectivity index (χ0) is 13.0. The van der Waals surface area contributed by atoms with E-state index in [0.29, 0.717) is 12.6 Å². The quantitative estimate of drug-likeness (QED) is 0.748. The van der Waals surface area contributed by atoms with Gasteiger partial charge in [-0.25, -0.2) is 13.1 Å². The molecule has 98 valence electrons.